The molecule has 2 bridgehead atoms. The average molecular weight is 475 g/mol. The van der Waals surface area contributed by atoms with Crippen LogP contribution in [-0.2, 0) is 24.0 Å². The number of carbonyl (C=O) groups excluding carboxylic acids is 1. The van der Waals surface area contributed by atoms with E-state index in [1.165, 1.54) is 0 Å². The molecule has 184 valence electrons. The molecule has 0 N–H and O–H groups in total. The van der Waals surface area contributed by atoms with Gasteiger partial charge in [0.2, 0.25) is 0 Å². The van der Waals surface area contributed by atoms with Crippen LogP contribution in [0, 0.1) is 23.7 Å². The minimum atomic E-state index is -0.726. The molecule has 3 saturated heterocycles. The van der Waals surface area contributed by atoms with Gasteiger partial charge in [0.25, 0.3) is 0 Å². The van der Waals surface area contributed by atoms with E-state index < -0.39 is 11.4 Å². The third-order valence-corrected chi connectivity index (χ3v) is 9.95. The summed E-state index contributed by atoms with van der Waals surface area (Å²) in [6.07, 6.45) is 4.42. The Morgan fingerprint density at radius 2 is 1.60 bits per heavy atom. The summed E-state index contributed by atoms with van der Waals surface area (Å²) >= 11 is 0. The zero-order valence-electron chi connectivity index (χ0n) is 20.7. The highest BCUT2D eigenvalue weighted by atomic mass is 17.3. The summed E-state index contributed by atoms with van der Waals surface area (Å²) in [6, 6.07) is 16.4. The Morgan fingerprint density at radius 3 is 2.31 bits per heavy atom. The first-order chi connectivity index (χ1) is 16.9. The van der Waals surface area contributed by atoms with Gasteiger partial charge in [0, 0.05) is 18.8 Å². The van der Waals surface area contributed by atoms with Crippen LogP contribution in [0.4, 0.5) is 0 Å². The van der Waals surface area contributed by atoms with Crippen LogP contribution in [0.5, 0.6) is 0 Å². The van der Waals surface area contributed by atoms with E-state index in [0.29, 0.717) is 18.3 Å². The van der Waals surface area contributed by atoms with Crippen molar-refractivity contribution in [2.24, 2.45) is 23.7 Å². The molecule has 8 atom stereocenters. The molecule has 0 unspecified atom stereocenters. The van der Waals surface area contributed by atoms with Crippen molar-refractivity contribution in [1.29, 1.82) is 0 Å². The van der Waals surface area contributed by atoms with Crippen LogP contribution in [0.15, 0.2) is 48.5 Å². The van der Waals surface area contributed by atoms with Crippen molar-refractivity contribution in [3.63, 3.8) is 0 Å². The molecule has 2 aromatic rings. The molecule has 6 aliphatic rings. The standard InChI is InChI=1S/C30H34O5/c1-17-12-13-24-18(2)25(16-26-30(24)23(17)14-15-29(3,33-26)34-35-30)32-28(31)27-21-10-6-4-8-19(21)20-9-5-7-11-22(20)27/h4-11,17-18,23-27H,12-16H2,1-3H3/t17-,18-,23+,24-,25-,26+,29+,30-/m1/s1. The van der Waals surface area contributed by atoms with Crippen LogP contribution in [0.25, 0.3) is 11.1 Å². The van der Waals surface area contributed by atoms with Gasteiger partial charge in [-0.05, 0) is 66.2 Å². The van der Waals surface area contributed by atoms with Gasteiger partial charge in [-0.1, -0.05) is 62.4 Å². The molecule has 2 aromatic carbocycles. The molecule has 8 rings (SSSR count). The first kappa shape index (κ1) is 22.0. The first-order valence-electron chi connectivity index (χ1n) is 13.3. The number of hydrogen-bond acceptors (Lipinski definition) is 5. The van der Waals surface area contributed by atoms with E-state index in [9.17, 15) is 4.79 Å². The lowest BCUT2D eigenvalue weighted by molar-refractivity contribution is -0.540. The fourth-order valence-electron chi connectivity index (χ4n) is 8.22. The fraction of sp³-hybridized carbons (Fsp3) is 0.567. The van der Waals surface area contributed by atoms with Crippen molar-refractivity contribution in [2.75, 3.05) is 0 Å². The van der Waals surface area contributed by atoms with Gasteiger partial charge in [-0.15, -0.1) is 0 Å². The number of carbonyl (C=O) groups is 1. The van der Waals surface area contributed by atoms with Crippen molar-refractivity contribution in [1.82, 2.24) is 0 Å². The van der Waals surface area contributed by atoms with E-state index >= 15 is 0 Å². The smallest absolute Gasteiger partial charge is 0.318 e. The third kappa shape index (κ3) is 3.01. The highest BCUT2D eigenvalue weighted by molar-refractivity contribution is 5.93. The maximum absolute atomic E-state index is 13.8. The second kappa shape index (κ2) is 7.64. The minimum absolute atomic E-state index is 0.126. The first-order valence-corrected chi connectivity index (χ1v) is 13.3. The maximum atomic E-state index is 13.8. The molecule has 5 fully saturated rings. The summed E-state index contributed by atoms with van der Waals surface area (Å²) < 4.78 is 13.1. The van der Waals surface area contributed by atoms with Gasteiger partial charge >= 0.3 is 5.97 Å². The molecule has 0 radical (unpaired) electrons. The molecule has 0 aromatic heterocycles. The molecule has 35 heavy (non-hydrogen) atoms. The van der Waals surface area contributed by atoms with E-state index in [-0.39, 0.29) is 35.9 Å². The highest BCUT2D eigenvalue weighted by Crippen LogP contribution is 2.61. The summed E-state index contributed by atoms with van der Waals surface area (Å²) in [5.41, 5.74) is 3.90. The van der Waals surface area contributed by atoms with Gasteiger partial charge in [0.1, 0.15) is 17.6 Å². The molecule has 1 spiro atoms. The number of esters is 1. The second-order valence-corrected chi connectivity index (χ2v) is 11.7. The topological polar surface area (TPSA) is 54.0 Å². The van der Waals surface area contributed by atoms with Gasteiger partial charge in [0.15, 0.2) is 5.79 Å². The molecule has 2 saturated carbocycles. The fourth-order valence-corrected chi connectivity index (χ4v) is 8.22. The van der Waals surface area contributed by atoms with Gasteiger partial charge in [-0.2, -0.15) is 0 Å². The molecule has 5 nitrogen and oxygen atoms in total. The molecule has 3 aliphatic carbocycles. The zero-order valence-corrected chi connectivity index (χ0v) is 20.7. The van der Waals surface area contributed by atoms with Crippen LogP contribution < -0.4 is 0 Å². The molecular weight excluding hydrogens is 440 g/mol. The monoisotopic (exact) mass is 474 g/mol. The number of hydrogen-bond donors (Lipinski definition) is 0. The zero-order chi connectivity index (χ0) is 23.9. The Morgan fingerprint density at radius 1 is 0.914 bits per heavy atom. The molecule has 0 amide bonds. The Balaban J connectivity index is 1.21. The lowest BCUT2D eigenvalue weighted by Crippen LogP contribution is -2.69. The molecule has 5 heteroatoms. The van der Waals surface area contributed by atoms with Crippen LogP contribution >= 0.6 is 0 Å². The molecule has 3 aliphatic heterocycles. The number of ether oxygens (including phenoxy) is 2. The van der Waals surface area contributed by atoms with E-state index in [1.807, 2.05) is 31.2 Å². The maximum Gasteiger partial charge on any atom is 0.318 e. The quantitative estimate of drug-likeness (QED) is 0.394. The predicted octanol–water partition coefficient (Wildman–Crippen LogP) is 6.01. The third-order valence-electron chi connectivity index (χ3n) is 9.95. The minimum Gasteiger partial charge on any atom is -0.461 e. The van der Waals surface area contributed by atoms with Gasteiger partial charge < -0.3 is 9.47 Å². The van der Waals surface area contributed by atoms with E-state index in [1.54, 1.807) is 0 Å². The Hall–Kier alpha value is -2.21. The average Bonchev–Trinajstić information content (AvgIpc) is 3.02. The summed E-state index contributed by atoms with van der Waals surface area (Å²) in [5.74, 6) is 0.127. The highest BCUT2D eigenvalue weighted by Gasteiger charge is 2.68. The normalized spacial score (nSPS) is 41.5. The predicted molar refractivity (Wildman–Crippen MR) is 130 cm³/mol. The van der Waals surface area contributed by atoms with E-state index in [2.05, 4.69) is 38.1 Å². The summed E-state index contributed by atoms with van der Waals surface area (Å²) in [6.45, 7) is 6.57. The van der Waals surface area contributed by atoms with Gasteiger partial charge in [-0.25, -0.2) is 9.78 Å². The van der Waals surface area contributed by atoms with Crippen LogP contribution in [0.2, 0.25) is 0 Å². The number of rotatable bonds is 2. The summed E-state index contributed by atoms with van der Waals surface area (Å²) in [7, 11) is 0. The van der Waals surface area contributed by atoms with Gasteiger partial charge in [-0.3, -0.25) is 4.79 Å². The van der Waals surface area contributed by atoms with Crippen molar-refractivity contribution >= 4 is 5.97 Å². The Kier molecular flexibility index (Phi) is 4.81. The number of fused-ring (bicyclic) bond motifs is 5. The summed E-state index contributed by atoms with van der Waals surface area (Å²) in [4.78, 5) is 26.2. The van der Waals surface area contributed by atoms with Crippen molar-refractivity contribution in [2.45, 2.75) is 82.4 Å². The van der Waals surface area contributed by atoms with E-state index in [4.69, 9.17) is 19.2 Å². The summed E-state index contributed by atoms with van der Waals surface area (Å²) in [5, 5.41) is 0. The van der Waals surface area contributed by atoms with E-state index in [0.717, 1.165) is 47.9 Å². The van der Waals surface area contributed by atoms with Crippen molar-refractivity contribution in [3.05, 3.63) is 59.7 Å². The van der Waals surface area contributed by atoms with Gasteiger partial charge in [0.05, 0.1) is 6.10 Å². The van der Waals surface area contributed by atoms with Crippen LogP contribution in [-0.4, -0.2) is 29.6 Å². The molecular formula is C30H34O5. The SMILES string of the molecule is C[C@@H]1[C@H]2CC[C@@H](C)[C@@H]3CC[C@]4(C)OO[C@@]23[C@H](C[C@H]1OC(=O)C1c2ccccc2-c2ccccc21)O4. The van der Waals surface area contributed by atoms with Crippen LogP contribution in [0.1, 0.15) is 69.9 Å². The lowest BCUT2D eigenvalue weighted by atomic mass is 9.53. The lowest BCUT2D eigenvalue weighted by Gasteiger charge is -2.60. The molecule has 3 heterocycles. The Bertz CT molecular complexity index is 1130. The largest absolute Gasteiger partial charge is 0.461 e. The van der Waals surface area contributed by atoms with Crippen molar-refractivity contribution in [3.8, 4) is 11.1 Å². The van der Waals surface area contributed by atoms with Crippen LogP contribution in [0.3, 0.4) is 0 Å². The second-order valence-electron chi connectivity index (χ2n) is 11.7. The number of benzene rings is 2. The van der Waals surface area contributed by atoms with Crippen molar-refractivity contribution < 1.29 is 24.0 Å². The Labute approximate surface area is 207 Å².